The highest BCUT2D eigenvalue weighted by atomic mass is 35.5. The first-order chi connectivity index (χ1) is 12.2. The number of nitrogens with two attached hydrogens (primary N) is 1. The normalized spacial score (nSPS) is 11.6. The van der Waals surface area contributed by atoms with Gasteiger partial charge in [0.15, 0.2) is 0 Å². The molecule has 6 nitrogen and oxygen atoms in total. The van der Waals surface area contributed by atoms with Crippen LogP contribution in [-0.2, 0) is 20.2 Å². The van der Waals surface area contributed by atoms with Gasteiger partial charge in [-0.2, -0.15) is 0 Å². The molecule has 1 amide bonds. The van der Waals surface area contributed by atoms with E-state index in [1.54, 1.807) is 12.1 Å². The van der Waals surface area contributed by atoms with Crippen LogP contribution in [-0.4, -0.2) is 27.4 Å². The molecule has 0 bridgehead atoms. The minimum atomic E-state index is -3.66. The van der Waals surface area contributed by atoms with Crippen LogP contribution in [0.1, 0.15) is 25.0 Å². The fraction of sp³-hybridized carbons (Fsp3) is 0.316. The second-order valence-corrected chi connectivity index (χ2v) is 8.38. The molecule has 0 aliphatic carbocycles. The number of hydrogen-bond acceptors (Lipinski definition) is 4. The number of aryl methyl sites for hydroxylation is 1. The van der Waals surface area contributed by atoms with Gasteiger partial charge in [-0.3, -0.25) is 4.79 Å². The lowest BCUT2D eigenvalue weighted by atomic mass is 9.81. The SMILES string of the molecule is Cc1ccccc1C(C)(C)C(=O)Nc1cccc(S(=O)(=O)NCCN)c1.Cl. The summed E-state index contributed by atoms with van der Waals surface area (Å²) in [5, 5.41) is 2.82. The quantitative estimate of drug-likeness (QED) is 0.651. The molecule has 8 heteroatoms. The second kappa shape index (κ2) is 9.32. The zero-order valence-electron chi connectivity index (χ0n) is 15.7. The number of halogens is 1. The molecule has 0 aliphatic rings. The number of anilines is 1. The average molecular weight is 412 g/mol. The van der Waals surface area contributed by atoms with Gasteiger partial charge in [0.25, 0.3) is 0 Å². The number of carbonyl (C=O) groups excluding carboxylic acids is 1. The maximum Gasteiger partial charge on any atom is 0.240 e. The lowest BCUT2D eigenvalue weighted by Gasteiger charge is -2.26. The van der Waals surface area contributed by atoms with E-state index in [1.807, 2.05) is 45.0 Å². The van der Waals surface area contributed by atoms with Crippen molar-refractivity contribution in [2.45, 2.75) is 31.1 Å². The zero-order chi connectivity index (χ0) is 19.4. The van der Waals surface area contributed by atoms with Gasteiger partial charge >= 0.3 is 0 Å². The standard InChI is InChI=1S/C19H25N3O3S.ClH/c1-14-7-4-5-10-17(14)19(2,3)18(23)22-15-8-6-9-16(13-15)26(24,25)21-12-11-20;/h4-10,13,21H,11-12,20H2,1-3H3,(H,22,23);1H. The molecule has 27 heavy (non-hydrogen) atoms. The Bertz CT molecular complexity index is 899. The van der Waals surface area contributed by atoms with Crippen molar-refractivity contribution in [1.29, 1.82) is 0 Å². The lowest BCUT2D eigenvalue weighted by molar-refractivity contribution is -0.120. The molecule has 0 aliphatic heterocycles. The Hall–Kier alpha value is -1.93. The van der Waals surface area contributed by atoms with Crippen molar-refractivity contribution in [3.63, 3.8) is 0 Å². The Balaban J connectivity index is 0.00000364. The summed E-state index contributed by atoms with van der Waals surface area (Å²) in [7, 11) is -3.66. The van der Waals surface area contributed by atoms with Crippen molar-refractivity contribution in [3.05, 3.63) is 59.7 Å². The van der Waals surface area contributed by atoms with Crippen molar-refractivity contribution >= 4 is 34.0 Å². The highest BCUT2D eigenvalue weighted by Crippen LogP contribution is 2.28. The number of sulfonamides is 1. The number of amides is 1. The van der Waals surface area contributed by atoms with E-state index in [-0.39, 0.29) is 36.3 Å². The topological polar surface area (TPSA) is 101 Å². The molecule has 2 aromatic carbocycles. The number of carbonyl (C=O) groups is 1. The molecule has 0 unspecified atom stereocenters. The number of rotatable bonds is 7. The summed E-state index contributed by atoms with van der Waals surface area (Å²) in [6, 6.07) is 13.9. The van der Waals surface area contributed by atoms with Crippen molar-refractivity contribution in [2.24, 2.45) is 5.73 Å². The van der Waals surface area contributed by atoms with Crippen LogP contribution in [0.5, 0.6) is 0 Å². The summed E-state index contributed by atoms with van der Waals surface area (Å²) in [5.41, 5.74) is 6.94. The van der Waals surface area contributed by atoms with E-state index in [2.05, 4.69) is 10.0 Å². The molecule has 2 aromatic rings. The number of benzene rings is 2. The molecule has 0 saturated heterocycles. The Labute approximate surface area is 167 Å². The van der Waals surface area contributed by atoms with E-state index >= 15 is 0 Å². The van der Waals surface area contributed by atoms with E-state index in [0.717, 1.165) is 11.1 Å². The Kier molecular flexibility index (Phi) is 7.98. The Morgan fingerprint density at radius 1 is 1.11 bits per heavy atom. The fourth-order valence-electron chi connectivity index (χ4n) is 2.70. The third-order valence-electron chi connectivity index (χ3n) is 4.22. The zero-order valence-corrected chi connectivity index (χ0v) is 17.3. The molecule has 0 atom stereocenters. The predicted octanol–water partition coefficient (Wildman–Crippen LogP) is 2.57. The van der Waals surface area contributed by atoms with Gasteiger partial charge in [0.1, 0.15) is 0 Å². The minimum absolute atomic E-state index is 0. The predicted molar refractivity (Wildman–Crippen MR) is 111 cm³/mol. The fourth-order valence-corrected chi connectivity index (χ4v) is 3.79. The van der Waals surface area contributed by atoms with E-state index < -0.39 is 15.4 Å². The summed E-state index contributed by atoms with van der Waals surface area (Å²) in [6.45, 7) is 6.00. The van der Waals surface area contributed by atoms with Crippen LogP contribution in [0.4, 0.5) is 5.69 Å². The number of nitrogens with one attached hydrogen (secondary N) is 2. The highest BCUT2D eigenvalue weighted by molar-refractivity contribution is 7.89. The monoisotopic (exact) mass is 411 g/mol. The minimum Gasteiger partial charge on any atom is -0.329 e. The summed E-state index contributed by atoms with van der Waals surface area (Å²) in [6.07, 6.45) is 0. The molecule has 0 radical (unpaired) electrons. The molecule has 4 N–H and O–H groups in total. The van der Waals surface area contributed by atoms with Gasteiger partial charge in [0.2, 0.25) is 15.9 Å². The molecule has 0 spiro atoms. The highest BCUT2D eigenvalue weighted by Gasteiger charge is 2.31. The maximum absolute atomic E-state index is 12.8. The summed E-state index contributed by atoms with van der Waals surface area (Å²) < 4.78 is 26.8. The molecule has 2 rings (SSSR count). The van der Waals surface area contributed by atoms with Crippen molar-refractivity contribution < 1.29 is 13.2 Å². The molecule has 0 heterocycles. The van der Waals surface area contributed by atoms with Crippen molar-refractivity contribution in [3.8, 4) is 0 Å². The largest absolute Gasteiger partial charge is 0.329 e. The summed E-state index contributed by atoms with van der Waals surface area (Å²) in [4.78, 5) is 12.9. The lowest BCUT2D eigenvalue weighted by Crippen LogP contribution is -2.35. The van der Waals surface area contributed by atoms with Gasteiger partial charge in [-0.25, -0.2) is 13.1 Å². The van der Waals surface area contributed by atoms with E-state index in [9.17, 15) is 13.2 Å². The first-order valence-electron chi connectivity index (χ1n) is 8.36. The molecule has 0 fully saturated rings. The smallest absolute Gasteiger partial charge is 0.240 e. The first kappa shape index (κ1) is 23.1. The van der Waals surface area contributed by atoms with Crippen molar-refractivity contribution in [1.82, 2.24) is 4.72 Å². The number of hydrogen-bond donors (Lipinski definition) is 3. The van der Waals surface area contributed by atoms with E-state index in [4.69, 9.17) is 5.73 Å². The molecular formula is C19H26ClN3O3S. The second-order valence-electron chi connectivity index (χ2n) is 6.61. The van der Waals surface area contributed by atoms with Crippen LogP contribution in [0.15, 0.2) is 53.4 Å². The Morgan fingerprint density at radius 3 is 2.41 bits per heavy atom. The molecular weight excluding hydrogens is 386 g/mol. The summed E-state index contributed by atoms with van der Waals surface area (Å²) >= 11 is 0. The first-order valence-corrected chi connectivity index (χ1v) is 9.84. The van der Waals surface area contributed by atoms with Crippen LogP contribution in [0.3, 0.4) is 0 Å². The van der Waals surface area contributed by atoms with Crippen LogP contribution in [0, 0.1) is 6.92 Å². The third-order valence-corrected chi connectivity index (χ3v) is 5.68. The van der Waals surface area contributed by atoms with Gasteiger partial charge < -0.3 is 11.1 Å². The molecule has 148 valence electrons. The maximum atomic E-state index is 12.8. The Morgan fingerprint density at radius 2 is 1.78 bits per heavy atom. The van der Waals surface area contributed by atoms with Crippen LogP contribution in [0.25, 0.3) is 0 Å². The van der Waals surface area contributed by atoms with Gasteiger partial charge in [-0.05, 0) is 50.1 Å². The average Bonchev–Trinajstić information content (AvgIpc) is 2.60. The molecule has 0 saturated carbocycles. The van der Waals surface area contributed by atoms with Crippen LogP contribution in [0.2, 0.25) is 0 Å². The molecule has 0 aromatic heterocycles. The van der Waals surface area contributed by atoms with Crippen LogP contribution < -0.4 is 15.8 Å². The van der Waals surface area contributed by atoms with Crippen LogP contribution >= 0.6 is 12.4 Å². The van der Waals surface area contributed by atoms with Gasteiger partial charge in [-0.15, -0.1) is 12.4 Å². The van der Waals surface area contributed by atoms with Crippen molar-refractivity contribution in [2.75, 3.05) is 18.4 Å². The van der Waals surface area contributed by atoms with E-state index in [0.29, 0.717) is 5.69 Å². The summed E-state index contributed by atoms with van der Waals surface area (Å²) in [5.74, 6) is -0.212. The van der Waals surface area contributed by atoms with E-state index in [1.165, 1.54) is 12.1 Å². The van der Waals surface area contributed by atoms with Gasteiger partial charge in [0, 0.05) is 18.8 Å². The third kappa shape index (κ3) is 5.52. The van der Waals surface area contributed by atoms with Gasteiger partial charge in [0.05, 0.1) is 10.3 Å². The van der Waals surface area contributed by atoms with Gasteiger partial charge in [-0.1, -0.05) is 30.3 Å².